The summed E-state index contributed by atoms with van der Waals surface area (Å²) < 4.78 is 16.2. The molecule has 2 atom stereocenters. The summed E-state index contributed by atoms with van der Waals surface area (Å²) in [6, 6.07) is 6.55. The maximum Gasteiger partial charge on any atom is 0.124 e. The van der Waals surface area contributed by atoms with Crippen LogP contribution in [0.15, 0.2) is 18.2 Å². The fraction of sp³-hybridized carbons (Fsp3) is 0.625. The van der Waals surface area contributed by atoms with Crippen molar-refractivity contribution in [1.29, 1.82) is 0 Å². The summed E-state index contributed by atoms with van der Waals surface area (Å²) in [5.74, 6) is 0.877. The first-order chi connectivity index (χ1) is 9.74. The van der Waals surface area contributed by atoms with Gasteiger partial charge in [0.15, 0.2) is 0 Å². The average Bonchev–Trinajstić information content (AvgIpc) is 2.98. The van der Waals surface area contributed by atoms with Gasteiger partial charge in [0.25, 0.3) is 0 Å². The van der Waals surface area contributed by atoms with Crippen LogP contribution < -0.4 is 10.1 Å². The van der Waals surface area contributed by atoms with Gasteiger partial charge in [0.05, 0.1) is 19.8 Å². The Morgan fingerprint density at radius 3 is 2.90 bits per heavy atom. The van der Waals surface area contributed by atoms with E-state index in [9.17, 15) is 0 Å². The summed E-state index contributed by atoms with van der Waals surface area (Å²) in [6.07, 6.45) is 2.72. The van der Waals surface area contributed by atoms with Gasteiger partial charge in [-0.2, -0.15) is 0 Å². The highest BCUT2D eigenvalue weighted by atomic mass is 16.5. The third kappa shape index (κ3) is 3.95. The van der Waals surface area contributed by atoms with E-state index in [2.05, 4.69) is 24.4 Å². The summed E-state index contributed by atoms with van der Waals surface area (Å²) in [5.41, 5.74) is 2.33. The Balaban J connectivity index is 1.97. The number of nitrogens with one attached hydrogen (secondary N) is 1. The zero-order valence-corrected chi connectivity index (χ0v) is 12.6. The molecule has 1 aromatic rings. The van der Waals surface area contributed by atoms with E-state index in [1.807, 2.05) is 6.07 Å². The number of hydrogen-bond acceptors (Lipinski definition) is 4. The highest BCUT2D eigenvalue weighted by Gasteiger charge is 2.17. The van der Waals surface area contributed by atoms with Gasteiger partial charge in [-0.25, -0.2) is 0 Å². The molecule has 0 radical (unpaired) electrons. The van der Waals surface area contributed by atoms with Crippen LogP contribution in [0.25, 0.3) is 0 Å². The van der Waals surface area contributed by atoms with Crippen LogP contribution in [-0.4, -0.2) is 33.5 Å². The zero-order valence-electron chi connectivity index (χ0n) is 12.6. The van der Waals surface area contributed by atoms with Gasteiger partial charge < -0.3 is 19.5 Å². The molecule has 0 amide bonds. The third-order valence-corrected chi connectivity index (χ3v) is 3.78. The van der Waals surface area contributed by atoms with E-state index in [1.165, 1.54) is 12.0 Å². The van der Waals surface area contributed by atoms with Crippen LogP contribution in [0, 0.1) is 0 Å². The van der Waals surface area contributed by atoms with Crippen LogP contribution in [0.5, 0.6) is 5.75 Å². The van der Waals surface area contributed by atoms with Crippen molar-refractivity contribution < 1.29 is 14.2 Å². The lowest BCUT2D eigenvalue weighted by atomic mass is 10.0. The van der Waals surface area contributed by atoms with E-state index >= 15 is 0 Å². The van der Waals surface area contributed by atoms with Crippen molar-refractivity contribution >= 4 is 0 Å². The highest BCUT2D eigenvalue weighted by molar-refractivity contribution is 5.38. The molecule has 4 heteroatoms. The number of ether oxygens (including phenoxy) is 3. The number of rotatable bonds is 7. The van der Waals surface area contributed by atoms with Crippen molar-refractivity contribution in [3.8, 4) is 5.75 Å². The predicted molar refractivity (Wildman–Crippen MR) is 79.1 cm³/mol. The fourth-order valence-electron chi connectivity index (χ4n) is 2.57. The van der Waals surface area contributed by atoms with Crippen LogP contribution in [0.1, 0.15) is 36.9 Å². The molecule has 1 aliphatic rings. The minimum absolute atomic E-state index is 0.292. The maximum absolute atomic E-state index is 5.64. The zero-order chi connectivity index (χ0) is 14.4. The predicted octanol–water partition coefficient (Wildman–Crippen LogP) is 2.67. The lowest BCUT2D eigenvalue weighted by Gasteiger charge is -2.19. The van der Waals surface area contributed by atoms with E-state index in [-0.39, 0.29) is 0 Å². The summed E-state index contributed by atoms with van der Waals surface area (Å²) in [4.78, 5) is 0. The molecular formula is C16H25NO3. The van der Waals surface area contributed by atoms with Crippen LogP contribution in [0.2, 0.25) is 0 Å². The Morgan fingerprint density at radius 2 is 2.25 bits per heavy atom. The third-order valence-electron chi connectivity index (χ3n) is 3.78. The lowest BCUT2D eigenvalue weighted by Crippen LogP contribution is -2.28. The molecule has 1 saturated heterocycles. The molecule has 112 valence electrons. The van der Waals surface area contributed by atoms with Crippen molar-refractivity contribution in [2.45, 2.75) is 38.5 Å². The molecule has 0 saturated carbocycles. The Labute approximate surface area is 121 Å². The smallest absolute Gasteiger partial charge is 0.124 e. The molecule has 1 N–H and O–H groups in total. The maximum atomic E-state index is 5.64. The Kier molecular flexibility index (Phi) is 5.83. The Hall–Kier alpha value is -1.10. The van der Waals surface area contributed by atoms with Crippen LogP contribution in [-0.2, 0) is 16.1 Å². The molecule has 2 unspecified atom stereocenters. The molecule has 1 heterocycles. The first kappa shape index (κ1) is 15.3. The van der Waals surface area contributed by atoms with Crippen molar-refractivity contribution in [2.75, 3.05) is 27.4 Å². The molecular weight excluding hydrogens is 254 g/mol. The number of benzene rings is 1. The first-order valence-electron chi connectivity index (χ1n) is 7.25. The van der Waals surface area contributed by atoms with E-state index in [0.717, 1.165) is 30.9 Å². The van der Waals surface area contributed by atoms with E-state index < -0.39 is 0 Å². The molecule has 1 aliphatic heterocycles. The molecule has 2 rings (SSSR count). The van der Waals surface area contributed by atoms with Gasteiger partial charge in [-0.1, -0.05) is 6.07 Å². The molecule has 0 bridgehead atoms. The van der Waals surface area contributed by atoms with E-state index in [4.69, 9.17) is 14.2 Å². The second-order valence-corrected chi connectivity index (χ2v) is 5.27. The molecule has 0 spiro atoms. The summed E-state index contributed by atoms with van der Waals surface area (Å²) in [6.45, 7) is 4.55. The molecule has 0 aliphatic carbocycles. The Bertz CT molecular complexity index is 416. The number of hydrogen-bond donors (Lipinski definition) is 1. The highest BCUT2D eigenvalue weighted by Crippen LogP contribution is 2.24. The lowest BCUT2D eigenvalue weighted by molar-refractivity contribution is 0.108. The van der Waals surface area contributed by atoms with Crippen molar-refractivity contribution in [2.24, 2.45) is 0 Å². The van der Waals surface area contributed by atoms with Crippen LogP contribution in [0.4, 0.5) is 0 Å². The van der Waals surface area contributed by atoms with Crippen molar-refractivity contribution in [1.82, 2.24) is 5.32 Å². The minimum atomic E-state index is 0.292. The molecule has 20 heavy (non-hydrogen) atoms. The Morgan fingerprint density at radius 1 is 1.40 bits per heavy atom. The summed E-state index contributed by atoms with van der Waals surface area (Å²) in [7, 11) is 3.39. The van der Waals surface area contributed by atoms with E-state index in [0.29, 0.717) is 18.8 Å². The molecule has 1 fully saturated rings. The quantitative estimate of drug-likeness (QED) is 0.833. The molecule has 4 nitrogen and oxygen atoms in total. The van der Waals surface area contributed by atoms with Gasteiger partial charge in [0.1, 0.15) is 5.75 Å². The van der Waals surface area contributed by atoms with Crippen LogP contribution in [0.3, 0.4) is 0 Å². The summed E-state index contributed by atoms with van der Waals surface area (Å²) >= 11 is 0. The van der Waals surface area contributed by atoms with Gasteiger partial charge in [0.2, 0.25) is 0 Å². The second kappa shape index (κ2) is 7.62. The van der Waals surface area contributed by atoms with Crippen molar-refractivity contribution in [3.05, 3.63) is 29.3 Å². The number of methoxy groups -OCH3 is 2. The average molecular weight is 279 g/mol. The molecule has 0 aromatic heterocycles. The van der Waals surface area contributed by atoms with Crippen LogP contribution >= 0.6 is 0 Å². The van der Waals surface area contributed by atoms with Gasteiger partial charge in [-0.05, 0) is 37.5 Å². The fourth-order valence-corrected chi connectivity index (χ4v) is 2.57. The van der Waals surface area contributed by atoms with Crippen molar-refractivity contribution in [3.63, 3.8) is 0 Å². The standard InChI is InChI=1S/C16H25NO3/c1-12(17-10-15-5-4-8-20-15)13-6-7-16(19-3)14(9-13)11-18-2/h6-7,9,12,15,17H,4-5,8,10-11H2,1-3H3. The summed E-state index contributed by atoms with van der Waals surface area (Å²) in [5, 5.41) is 3.54. The first-order valence-corrected chi connectivity index (χ1v) is 7.25. The van der Waals surface area contributed by atoms with Gasteiger partial charge >= 0.3 is 0 Å². The normalized spacial score (nSPS) is 20.1. The van der Waals surface area contributed by atoms with Gasteiger partial charge in [-0.3, -0.25) is 0 Å². The topological polar surface area (TPSA) is 39.7 Å². The largest absolute Gasteiger partial charge is 0.496 e. The monoisotopic (exact) mass is 279 g/mol. The van der Waals surface area contributed by atoms with E-state index in [1.54, 1.807) is 14.2 Å². The minimum Gasteiger partial charge on any atom is -0.496 e. The second-order valence-electron chi connectivity index (χ2n) is 5.27. The molecule has 1 aromatic carbocycles. The van der Waals surface area contributed by atoms with Gasteiger partial charge in [0, 0.05) is 31.9 Å². The SMILES string of the molecule is COCc1cc(C(C)NCC2CCCO2)ccc1OC. The van der Waals surface area contributed by atoms with Gasteiger partial charge in [-0.15, -0.1) is 0 Å².